The molecule has 4 aromatic rings. The zero-order chi connectivity index (χ0) is 19.3. The van der Waals surface area contributed by atoms with Crippen molar-refractivity contribution >= 4 is 16.5 Å². The van der Waals surface area contributed by atoms with Crippen molar-refractivity contribution in [1.29, 1.82) is 0 Å². The van der Waals surface area contributed by atoms with Crippen LogP contribution in [-0.2, 0) is 13.2 Å². The maximum Gasteiger partial charge on any atom is 0.125 e. The highest BCUT2D eigenvalue weighted by Crippen LogP contribution is 2.29. The van der Waals surface area contributed by atoms with Crippen LogP contribution in [0.4, 0.5) is 5.69 Å². The highest BCUT2D eigenvalue weighted by molar-refractivity contribution is 5.88. The summed E-state index contributed by atoms with van der Waals surface area (Å²) in [6.07, 6.45) is 0. The van der Waals surface area contributed by atoms with Crippen molar-refractivity contribution < 1.29 is 4.74 Å². The molecule has 0 unspecified atom stereocenters. The van der Waals surface area contributed by atoms with Gasteiger partial charge in [0.15, 0.2) is 0 Å². The zero-order valence-electron chi connectivity index (χ0n) is 16.4. The molecule has 140 valence electrons. The third-order valence-electron chi connectivity index (χ3n) is 5.00. The number of hydrogen-bond donors (Lipinski definition) is 1. The number of rotatable bonds is 6. The number of ether oxygens (including phenoxy) is 1. The van der Waals surface area contributed by atoms with Gasteiger partial charge in [-0.1, -0.05) is 77.9 Å². The Morgan fingerprint density at radius 2 is 1.57 bits per heavy atom. The number of hydrogen-bond acceptors (Lipinski definition) is 2. The highest BCUT2D eigenvalue weighted by atomic mass is 16.5. The molecule has 0 spiro atoms. The SMILES string of the molecule is Cc1ccc(NCc2c(OCc3cccc(C)c3)ccc3ccccc23)cc1. The average Bonchev–Trinajstić information content (AvgIpc) is 2.72. The lowest BCUT2D eigenvalue weighted by Gasteiger charge is -2.16. The molecule has 0 aliphatic heterocycles. The quantitative estimate of drug-likeness (QED) is 0.412. The molecule has 0 saturated carbocycles. The topological polar surface area (TPSA) is 21.3 Å². The Morgan fingerprint density at radius 3 is 2.39 bits per heavy atom. The van der Waals surface area contributed by atoms with E-state index in [4.69, 9.17) is 4.74 Å². The molecule has 0 saturated heterocycles. The summed E-state index contributed by atoms with van der Waals surface area (Å²) >= 11 is 0. The van der Waals surface area contributed by atoms with Gasteiger partial charge < -0.3 is 10.1 Å². The van der Waals surface area contributed by atoms with Crippen LogP contribution in [0.5, 0.6) is 5.75 Å². The van der Waals surface area contributed by atoms with Crippen LogP contribution in [0.15, 0.2) is 84.9 Å². The lowest BCUT2D eigenvalue weighted by Crippen LogP contribution is -2.05. The number of benzene rings is 4. The Balaban J connectivity index is 1.61. The Morgan fingerprint density at radius 1 is 0.750 bits per heavy atom. The predicted molar refractivity (Wildman–Crippen MR) is 118 cm³/mol. The van der Waals surface area contributed by atoms with E-state index in [-0.39, 0.29) is 0 Å². The minimum absolute atomic E-state index is 0.567. The van der Waals surface area contributed by atoms with Crippen molar-refractivity contribution in [2.24, 2.45) is 0 Å². The van der Waals surface area contributed by atoms with Crippen molar-refractivity contribution in [1.82, 2.24) is 0 Å². The molecule has 1 N–H and O–H groups in total. The first-order valence-electron chi connectivity index (χ1n) is 9.68. The second-order valence-electron chi connectivity index (χ2n) is 7.26. The summed E-state index contributed by atoms with van der Waals surface area (Å²) in [5.41, 5.74) is 6.00. The predicted octanol–water partition coefficient (Wildman–Crippen LogP) is 6.65. The number of nitrogens with one attached hydrogen (secondary N) is 1. The van der Waals surface area contributed by atoms with E-state index in [1.807, 2.05) is 0 Å². The number of fused-ring (bicyclic) bond motifs is 1. The van der Waals surface area contributed by atoms with Crippen molar-refractivity contribution in [2.75, 3.05) is 5.32 Å². The van der Waals surface area contributed by atoms with Gasteiger partial charge in [-0.15, -0.1) is 0 Å². The van der Waals surface area contributed by atoms with Crippen LogP contribution in [0.3, 0.4) is 0 Å². The Bertz CT molecular complexity index is 1080. The lowest BCUT2D eigenvalue weighted by atomic mass is 10.0. The van der Waals surface area contributed by atoms with Gasteiger partial charge in [-0.3, -0.25) is 0 Å². The largest absolute Gasteiger partial charge is 0.489 e. The Kier molecular flexibility index (Phi) is 5.29. The molecule has 0 fully saturated rings. The van der Waals surface area contributed by atoms with Crippen LogP contribution in [0.2, 0.25) is 0 Å². The van der Waals surface area contributed by atoms with E-state index in [9.17, 15) is 0 Å². The standard InChI is InChI=1S/C26H25NO/c1-19-10-13-23(14-11-19)27-17-25-24-9-4-3-8-22(24)12-15-26(25)28-18-21-7-5-6-20(2)16-21/h3-16,27H,17-18H2,1-2H3. The van der Waals surface area contributed by atoms with Gasteiger partial charge in [0.05, 0.1) is 0 Å². The van der Waals surface area contributed by atoms with Crippen molar-refractivity contribution in [2.45, 2.75) is 27.0 Å². The van der Waals surface area contributed by atoms with Gasteiger partial charge >= 0.3 is 0 Å². The fourth-order valence-corrected chi connectivity index (χ4v) is 3.46. The first kappa shape index (κ1) is 18.1. The smallest absolute Gasteiger partial charge is 0.125 e. The molecule has 0 bridgehead atoms. The van der Waals surface area contributed by atoms with Crippen LogP contribution in [-0.4, -0.2) is 0 Å². The molecule has 2 heteroatoms. The Hall–Kier alpha value is -3.26. The molecule has 0 aliphatic carbocycles. The second-order valence-corrected chi connectivity index (χ2v) is 7.26. The summed E-state index contributed by atoms with van der Waals surface area (Å²) in [6, 6.07) is 29.7. The molecule has 0 heterocycles. The molecule has 28 heavy (non-hydrogen) atoms. The summed E-state index contributed by atoms with van der Waals surface area (Å²) in [7, 11) is 0. The van der Waals surface area contributed by atoms with Crippen LogP contribution >= 0.6 is 0 Å². The summed E-state index contributed by atoms with van der Waals surface area (Å²) in [5, 5.41) is 6.00. The lowest BCUT2D eigenvalue weighted by molar-refractivity contribution is 0.304. The molecule has 0 atom stereocenters. The molecule has 4 rings (SSSR count). The highest BCUT2D eigenvalue weighted by Gasteiger charge is 2.09. The van der Waals surface area contributed by atoms with Gasteiger partial charge in [-0.2, -0.15) is 0 Å². The van der Waals surface area contributed by atoms with Crippen molar-refractivity contribution in [3.8, 4) is 5.75 Å². The third-order valence-corrected chi connectivity index (χ3v) is 5.00. The van der Waals surface area contributed by atoms with Gasteiger partial charge in [0.1, 0.15) is 12.4 Å². The molecule has 0 aromatic heterocycles. The minimum Gasteiger partial charge on any atom is -0.489 e. The molecule has 2 nitrogen and oxygen atoms in total. The van der Waals surface area contributed by atoms with E-state index in [1.54, 1.807) is 0 Å². The van der Waals surface area contributed by atoms with Crippen molar-refractivity contribution in [3.63, 3.8) is 0 Å². The third kappa shape index (κ3) is 4.17. The van der Waals surface area contributed by atoms with E-state index < -0.39 is 0 Å². The van der Waals surface area contributed by atoms with Gasteiger partial charge in [0, 0.05) is 17.8 Å². The molecule has 0 radical (unpaired) electrons. The molecule has 0 amide bonds. The summed E-state index contributed by atoms with van der Waals surface area (Å²) in [5.74, 6) is 0.930. The van der Waals surface area contributed by atoms with E-state index in [1.165, 1.54) is 33.0 Å². The first-order valence-corrected chi connectivity index (χ1v) is 9.68. The van der Waals surface area contributed by atoms with Crippen LogP contribution in [0.25, 0.3) is 10.8 Å². The maximum absolute atomic E-state index is 6.25. The second kappa shape index (κ2) is 8.18. The monoisotopic (exact) mass is 367 g/mol. The fourth-order valence-electron chi connectivity index (χ4n) is 3.46. The normalized spacial score (nSPS) is 10.8. The van der Waals surface area contributed by atoms with E-state index in [0.717, 1.165) is 11.4 Å². The van der Waals surface area contributed by atoms with Crippen LogP contribution < -0.4 is 10.1 Å². The molecule has 0 aliphatic rings. The van der Waals surface area contributed by atoms with Gasteiger partial charge in [-0.25, -0.2) is 0 Å². The van der Waals surface area contributed by atoms with Gasteiger partial charge in [-0.05, 0) is 48.4 Å². The van der Waals surface area contributed by atoms with Crippen molar-refractivity contribution in [3.05, 3.63) is 107 Å². The van der Waals surface area contributed by atoms with Gasteiger partial charge in [0.25, 0.3) is 0 Å². The zero-order valence-corrected chi connectivity index (χ0v) is 16.4. The summed E-state index contributed by atoms with van der Waals surface area (Å²) in [4.78, 5) is 0. The van der Waals surface area contributed by atoms with E-state index in [0.29, 0.717) is 13.2 Å². The fraction of sp³-hybridized carbons (Fsp3) is 0.154. The van der Waals surface area contributed by atoms with E-state index >= 15 is 0 Å². The van der Waals surface area contributed by atoms with Crippen LogP contribution in [0.1, 0.15) is 22.3 Å². The maximum atomic E-state index is 6.25. The number of aryl methyl sites for hydroxylation is 2. The Labute approximate surface area is 166 Å². The first-order chi connectivity index (χ1) is 13.7. The minimum atomic E-state index is 0.567. The van der Waals surface area contributed by atoms with Gasteiger partial charge in [0.2, 0.25) is 0 Å². The van der Waals surface area contributed by atoms with Crippen LogP contribution in [0, 0.1) is 13.8 Å². The molecule has 4 aromatic carbocycles. The number of anilines is 1. The summed E-state index contributed by atoms with van der Waals surface area (Å²) < 4.78 is 6.25. The molecular formula is C26H25NO. The average molecular weight is 367 g/mol. The molecular weight excluding hydrogens is 342 g/mol. The summed E-state index contributed by atoms with van der Waals surface area (Å²) in [6.45, 7) is 5.49. The van der Waals surface area contributed by atoms with E-state index in [2.05, 4.69) is 104 Å².